The minimum absolute atomic E-state index is 0.0897. The van der Waals surface area contributed by atoms with Crippen molar-refractivity contribution < 1.29 is 10.2 Å². The van der Waals surface area contributed by atoms with Gasteiger partial charge in [0.25, 0.3) is 0 Å². The zero-order chi connectivity index (χ0) is 23.5. The number of fused-ring (bicyclic) bond motifs is 7. The van der Waals surface area contributed by atoms with E-state index in [1.807, 2.05) is 5.57 Å². The van der Waals surface area contributed by atoms with E-state index in [4.69, 9.17) is 0 Å². The minimum Gasteiger partial charge on any atom is -0.390 e. The van der Waals surface area contributed by atoms with Crippen molar-refractivity contribution in [3.05, 3.63) is 11.6 Å². The SMILES string of the molecule is C[C@H]1[C@H](C)CC[C@]2(C)CC[C@]3(C)C(=CCC4[C@@]5(C)C[C@@H](O)[C@H](O)C(C)(C)C5CC[C@]43C)[C@H]12. The molecule has 182 valence electrons. The lowest BCUT2D eigenvalue weighted by Crippen LogP contribution is -2.66. The highest BCUT2D eigenvalue weighted by molar-refractivity contribution is 5.34. The lowest BCUT2D eigenvalue weighted by atomic mass is 9.33. The molecule has 2 heteroatoms. The molecule has 0 aromatic heterocycles. The van der Waals surface area contributed by atoms with Crippen molar-refractivity contribution in [2.24, 2.45) is 56.7 Å². The highest BCUT2D eigenvalue weighted by Gasteiger charge is 2.68. The van der Waals surface area contributed by atoms with Gasteiger partial charge in [0, 0.05) is 0 Å². The summed E-state index contributed by atoms with van der Waals surface area (Å²) in [5, 5.41) is 21.9. The fraction of sp³-hybridized carbons (Fsp3) is 0.933. The number of allylic oxidation sites excluding steroid dienone is 2. The standard InChI is InChI=1S/C30H50O2/c1-18-11-13-27(5)15-16-29(7)20(24(27)19(18)2)9-10-23-28(6)17-21(31)25(32)26(3,4)22(28)12-14-30(23,29)8/h9,18-19,21-25,31-32H,10-17H2,1-8H3/t18-,19+,21-,22?,23?,24+,25+,27-,28+,29-,30-/m1/s1. The van der Waals surface area contributed by atoms with E-state index in [0.717, 1.165) is 24.2 Å². The van der Waals surface area contributed by atoms with Crippen molar-refractivity contribution >= 4 is 0 Å². The zero-order valence-corrected chi connectivity index (χ0v) is 22.2. The molecule has 0 saturated heterocycles. The third-order valence-corrected chi connectivity index (χ3v) is 13.3. The molecule has 2 N–H and O–H groups in total. The maximum atomic E-state index is 11.0. The van der Waals surface area contributed by atoms with E-state index in [1.54, 1.807) is 0 Å². The van der Waals surface area contributed by atoms with Crippen molar-refractivity contribution in [3.8, 4) is 0 Å². The van der Waals surface area contributed by atoms with Gasteiger partial charge in [-0.1, -0.05) is 67.0 Å². The van der Waals surface area contributed by atoms with Crippen LogP contribution in [-0.2, 0) is 0 Å². The second-order valence-electron chi connectivity index (χ2n) is 14.8. The van der Waals surface area contributed by atoms with Gasteiger partial charge in [-0.25, -0.2) is 0 Å². The van der Waals surface area contributed by atoms with Gasteiger partial charge >= 0.3 is 0 Å². The molecule has 4 fully saturated rings. The van der Waals surface area contributed by atoms with Gasteiger partial charge in [0.05, 0.1) is 12.2 Å². The molecular weight excluding hydrogens is 392 g/mol. The summed E-state index contributed by atoms with van der Waals surface area (Å²) in [6.07, 6.45) is 11.4. The summed E-state index contributed by atoms with van der Waals surface area (Å²) < 4.78 is 0. The van der Waals surface area contributed by atoms with E-state index in [9.17, 15) is 10.2 Å². The minimum atomic E-state index is -0.602. The van der Waals surface area contributed by atoms with Crippen LogP contribution in [0, 0.1) is 56.7 Å². The van der Waals surface area contributed by atoms with E-state index in [2.05, 4.69) is 61.5 Å². The third-order valence-electron chi connectivity index (χ3n) is 13.3. The fourth-order valence-electron chi connectivity index (χ4n) is 11.0. The highest BCUT2D eigenvalue weighted by Crippen LogP contribution is 2.75. The van der Waals surface area contributed by atoms with Crippen molar-refractivity contribution in [1.82, 2.24) is 0 Å². The van der Waals surface area contributed by atoms with Crippen molar-refractivity contribution in [3.63, 3.8) is 0 Å². The Morgan fingerprint density at radius 2 is 1.53 bits per heavy atom. The van der Waals surface area contributed by atoms with Gasteiger partial charge in [-0.05, 0) is 108 Å². The Morgan fingerprint density at radius 3 is 2.22 bits per heavy atom. The first-order valence-electron chi connectivity index (χ1n) is 13.8. The first-order chi connectivity index (χ1) is 14.7. The molecular formula is C30H50O2. The van der Waals surface area contributed by atoms with Crippen LogP contribution in [0.4, 0.5) is 0 Å². The second-order valence-corrected chi connectivity index (χ2v) is 14.8. The summed E-state index contributed by atoms with van der Waals surface area (Å²) in [6, 6.07) is 0. The zero-order valence-electron chi connectivity index (χ0n) is 22.2. The lowest BCUT2D eigenvalue weighted by molar-refractivity contribution is -0.231. The average molecular weight is 443 g/mol. The van der Waals surface area contributed by atoms with Crippen molar-refractivity contribution in [2.45, 2.75) is 119 Å². The first kappa shape index (κ1) is 23.4. The van der Waals surface area contributed by atoms with Crippen molar-refractivity contribution in [1.29, 1.82) is 0 Å². The molecule has 11 atom stereocenters. The molecule has 5 aliphatic rings. The summed E-state index contributed by atoms with van der Waals surface area (Å²) in [4.78, 5) is 0. The Bertz CT molecular complexity index is 814. The Labute approximate surface area is 197 Å². The predicted molar refractivity (Wildman–Crippen MR) is 132 cm³/mol. The van der Waals surface area contributed by atoms with Crippen LogP contribution in [0.3, 0.4) is 0 Å². The molecule has 0 spiro atoms. The Hall–Kier alpha value is -0.340. The maximum Gasteiger partial charge on any atom is 0.0852 e. The summed E-state index contributed by atoms with van der Waals surface area (Å²) in [6.45, 7) is 19.8. The van der Waals surface area contributed by atoms with Crippen LogP contribution < -0.4 is 0 Å². The average Bonchev–Trinajstić information content (AvgIpc) is 2.70. The summed E-state index contributed by atoms with van der Waals surface area (Å²) in [5.41, 5.74) is 2.71. The number of hydrogen-bond donors (Lipinski definition) is 2. The highest BCUT2D eigenvalue weighted by atomic mass is 16.3. The van der Waals surface area contributed by atoms with E-state index >= 15 is 0 Å². The van der Waals surface area contributed by atoms with Crippen LogP contribution >= 0.6 is 0 Å². The largest absolute Gasteiger partial charge is 0.390 e. The third kappa shape index (κ3) is 2.66. The van der Waals surface area contributed by atoms with Gasteiger partial charge in [-0.2, -0.15) is 0 Å². The van der Waals surface area contributed by atoms with Crippen LogP contribution in [0.25, 0.3) is 0 Å². The molecule has 0 radical (unpaired) electrons. The maximum absolute atomic E-state index is 11.0. The molecule has 0 amide bonds. The summed E-state index contributed by atoms with van der Waals surface area (Å²) >= 11 is 0. The molecule has 0 heterocycles. The van der Waals surface area contributed by atoms with Crippen LogP contribution in [0.1, 0.15) is 107 Å². The molecule has 32 heavy (non-hydrogen) atoms. The van der Waals surface area contributed by atoms with Crippen molar-refractivity contribution in [2.75, 3.05) is 0 Å². The summed E-state index contributed by atoms with van der Waals surface area (Å²) in [7, 11) is 0. The Balaban J connectivity index is 1.60. The van der Waals surface area contributed by atoms with Gasteiger partial charge in [0.1, 0.15) is 0 Å². The van der Waals surface area contributed by atoms with E-state index in [1.165, 1.54) is 44.9 Å². The van der Waals surface area contributed by atoms with E-state index < -0.39 is 12.2 Å². The molecule has 4 saturated carbocycles. The topological polar surface area (TPSA) is 40.5 Å². The molecule has 0 aliphatic heterocycles. The van der Waals surface area contributed by atoms with Gasteiger partial charge in [-0.3, -0.25) is 0 Å². The van der Waals surface area contributed by atoms with Crippen LogP contribution in [-0.4, -0.2) is 22.4 Å². The molecule has 5 rings (SSSR count). The number of hydrogen-bond acceptors (Lipinski definition) is 2. The number of rotatable bonds is 0. The summed E-state index contributed by atoms with van der Waals surface area (Å²) in [5.74, 6) is 3.41. The lowest BCUT2D eigenvalue weighted by Gasteiger charge is -2.71. The Morgan fingerprint density at radius 1 is 0.844 bits per heavy atom. The van der Waals surface area contributed by atoms with Crippen LogP contribution in [0.5, 0.6) is 0 Å². The quantitative estimate of drug-likeness (QED) is 0.397. The first-order valence-corrected chi connectivity index (χ1v) is 13.8. The predicted octanol–water partition coefficient (Wildman–Crippen LogP) is 7.00. The number of aliphatic hydroxyl groups excluding tert-OH is 2. The Kier molecular flexibility index (Phi) is 5.02. The second kappa shape index (κ2) is 6.87. The normalized spacial score (nSPS) is 59.2. The number of aliphatic hydroxyl groups is 2. The van der Waals surface area contributed by atoms with Crippen LogP contribution in [0.2, 0.25) is 0 Å². The fourth-order valence-corrected chi connectivity index (χ4v) is 11.0. The van der Waals surface area contributed by atoms with Gasteiger partial charge in [0.15, 0.2) is 0 Å². The van der Waals surface area contributed by atoms with E-state index in [0.29, 0.717) is 17.3 Å². The molecule has 0 aromatic rings. The molecule has 2 unspecified atom stereocenters. The van der Waals surface area contributed by atoms with Gasteiger partial charge in [-0.15, -0.1) is 0 Å². The van der Waals surface area contributed by atoms with E-state index in [-0.39, 0.29) is 21.7 Å². The van der Waals surface area contributed by atoms with Crippen LogP contribution in [0.15, 0.2) is 11.6 Å². The molecule has 2 nitrogen and oxygen atoms in total. The molecule has 0 bridgehead atoms. The van der Waals surface area contributed by atoms with Gasteiger partial charge in [0.2, 0.25) is 0 Å². The smallest absolute Gasteiger partial charge is 0.0852 e. The molecule has 0 aromatic carbocycles. The molecule has 5 aliphatic carbocycles. The van der Waals surface area contributed by atoms with Gasteiger partial charge < -0.3 is 10.2 Å². The monoisotopic (exact) mass is 442 g/mol.